The van der Waals surface area contributed by atoms with Crippen molar-refractivity contribution < 1.29 is 18.8 Å². The zero-order chi connectivity index (χ0) is 22.0. The lowest BCUT2D eigenvalue weighted by atomic mass is 10.1. The van der Waals surface area contributed by atoms with Gasteiger partial charge in [0.25, 0.3) is 11.8 Å². The first kappa shape index (κ1) is 21.2. The van der Waals surface area contributed by atoms with Gasteiger partial charge in [0.15, 0.2) is 5.13 Å². The molecule has 0 saturated heterocycles. The second-order valence-corrected chi connectivity index (χ2v) is 8.70. The van der Waals surface area contributed by atoms with E-state index in [2.05, 4.69) is 10.3 Å². The van der Waals surface area contributed by atoms with Gasteiger partial charge in [0, 0.05) is 10.9 Å². The van der Waals surface area contributed by atoms with Crippen LogP contribution in [0, 0.1) is 5.82 Å². The molecule has 1 unspecified atom stereocenters. The monoisotopic (exact) mass is 455 g/mol. The van der Waals surface area contributed by atoms with Crippen molar-refractivity contribution in [3.8, 4) is 11.3 Å². The number of hydrogen-bond donors (Lipinski definition) is 1. The van der Waals surface area contributed by atoms with E-state index < -0.39 is 23.8 Å². The molecule has 1 atom stereocenters. The molecule has 0 aliphatic carbocycles. The van der Waals surface area contributed by atoms with E-state index in [0.717, 1.165) is 10.5 Å². The highest BCUT2D eigenvalue weighted by atomic mass is 32.2. The maximum atomic E-state index is 13.1. The molecule has 31 heavy (non-hydrogen) atoms. The zero-order valence-electron chi connectivity index (χ0n) is 16.5. The fraction of sp³-hybridized carbons (Fsp3) is 0.182. The summed E-state index contributed by atoms with van der Waals surface area (Å²) in [6, 6.07) is 11.5. The molecule has 1 N–H and O–H groups in total. The van der Waals surface area contributed by atoms with E-state index in [1.807, 2.05) is 6.26 Å². The SMILES string of the molecule is CSCCC(C(=O)Nc1nc(-c2ccc(F)cc2)cs1)N1C(=O)c2ccccc2C1=O. The van der Waals surface area contributed by atoms with Crippen LogP contribution >= 0.6 is 23.1 Å². The molecule has 0 radical (unpaired) electrons. The molecular weight excluding hydrogens is 437 g/mol. The molecular formula is C22H18FN3O3S2. The van der Waals surface area contributed by atoms with Crippen molar-refractivity contribution in [3.63, 3.8) is 0 Å². The number of fused-ring (bicyclic) bond motifs is 1. The van der Waals surface area contributed by atoms with Gasteiger partial charge >= 0.3 is 0 Å². The van der Waals surface area contributed by atoms with Crippen LogP contribution in [0.3, 0.4) is 0 Å². The highest BCUT2D eigenvalue weighted by molar-refractivity contribution is 7.98. The molecule has 6 nitrogen and oxygen atoms in total. The van der Waals surface area contributed by atoms with Crippen LogP contribution in [0.5, 0.6) is 0 Å². The highest BCUT2D eigenvalue weighted by Crippen LogP contribution is 2.28. The molecule has 2 aromatic carbocycles. The lowest BCUT2D eigenvalue weighted by molar-refractivity contribution is -0.120. The van der Waals surface area contributed by atoms with Gasteiger partial charge in [0.05, 0.1) is 16.8 Å². The molecule has 3 amide bonds. The van der Waals surface area contributed by atoms with Crippen LogP contribution in [0.4, 0.5) is 9.52 Å². The predicted molar refractivity (Wildman–Crippen MR) is 120 cm³/mol. The van der Waals surface area contributed by atoms with Crippen molar-refractivity contribution in [1.29, 1.82) is 0 Å². The third-order valence-corrected chi connectivity index (χ3v) is 6.31. The van der Waals surface area contributed by atoms with Crippen molar-refractivity contribution in [2.24, 2.45) is 0 Å². The molecule has 1 aliphatic rings. The zero-order valence-corrected chi connectivity index (χ0v) is 18.1. The Bertz CT molecular complexity index is 1110. The second kappa shape index (κ2) is 8.99. The number of anilines is 1. The Kier molecular flexibility index (Phi) is 6.15. The molecule has 2 heterocycles. The van der Waals surface area contributed by atoms with Gasteiger partial charge < -0.3 is 5.32 Å². The number of thiazole rings is 1. The number of carbonyl (C=O) groups is 3. The summed E-state index contributed by atoms with van der Waals surface area (Å²) in [7, 11) is 0. The van der Waals surface area contributed by atoms with Crippen LogP contribution in [0.15, 0.2) is 53.9 Å². The first-order valence-corrected chi connectivity index (χ1v) is 11.7. The third kappa shape index (κ3) is 4.24. The van der Waals surface area contributed by atoms with Crippen molar-refractivity contribution >= 4 is 46.0 Å². The van der Waals surface area contributed by atoms with E-state index in [9.17, 15) is 18.8 Å². The van der Waals surface area contributed by atoms with Crippen molar-refractivity contribution in [3.05, 3.63) is 70.9 Å². The minimum absolute atomic E-state index is 0.308. The molecule has 0 bridgehead atoms. The summed E-state index contributed by atoms with van der Waals surface area (Å²) in [5.41, 5.74) is 1.93. The molecule has 158 valence electrons. The number of carbonyl (C=O) groups excluding carboxylic acids is 3. The fourth-order valence-electron chi connectivity index (χ4n) is 3.37. The van der Waals surface area contributed by atoms with Crippen LogP contribution in [0.2, 0.25) is 0 Å². The second-order valence-electron chi connectivity index (χ2n) is 6.86. The molecule has 4 rings (SSSR count). The number of nitrogens with one attached hydrogen (secondary N) is 1. The molecule has 1 aromatic heterocycles. The third-order valence-electron chi connectivity index (χ3n) is 4.91. The highest BCUT2D eigenvalue weighted by Gasteiger charge is 2.42. The first-order valence-electron chi connectivity index (χ1n) is 9.48. The summed E-state index contributed by atoms with van der Waals surface area (Å²) in [6.07, 6.45) is 2.22. The number of thioether (sulfide) groups is 1. The molecule has 1 aliphatic heterocycles. The van der Waals surface area contributed by atoms with Crippen LogP contribution < -0.4 is 5.32 Å². The number of aromatic nitrogens is 1. The number of halogens is 1. The van der Waals surface area contributed by atoms with Crippen LogP contribution in [0.1, 0.15) is 27.1 Å². The Morgan fingerprint density at radius 3 is 2.39 bits per heavy atom. The van der Waals surface area contributed by atoms with E-state index >= 15 is 0 Å². The summed E-state index contributed by atoms with van der Waals surface area (Å²) in [5, 5.41) is 4.83. The largest absolute Gasteiger partial charge is 0.300 e. The topological polar surface area (TPSA) is 79.4 Å². The van der Waals surface area contributed by atoms with Gasteiger partial charge in [-0.15, -0.1) is 11.3 Å². The van der Waals surface area contributed by atoms with Crippen molar-refractivity contribution in [2.45, 2.75) is 12.5 Å². The molecule has 3 aromatic rings. The van der Waals surface area contributed by atoms with Crippen LogP contribution in [-0.2, 0) is 4.79 Å². The number of nitrogens with zero attached hydrogens (tertiary/aromatic N) is 2. The van der Waals surface area contributed by atoms with Gasteiger partial charge in [-0.05, 0) is 54.8 Å². The van der Waals surface area contributed by atoms with E-state index in [-0.39, 0.29) is 5.82 Å². The van der Waals surface area contributed by atoms with Crippen LogP contribution in [0.25, 0.3) is 11.3 Å². The maximum Gasteiger partial charge on any atom is 0.262 e. The Hall–Kier alpha value is -3.04. The predicted octanol–water partition coefficient (Wildman–Crippen LogP) is 4.31. The van der Waals surface area contributed by atoms with Gasteiger partial charge in [-0.25, -0.2) is 9.37 Å². The summed E-state index contributed by atoms with van der Waals surface area (Å²) >= 11 is 2.75. The smallest absolute Gasteiger partial charge is 0.262 e. The van der Waals surface area contributed by atoms with E-state index in [0.29, 0.717) is 34.1 Å². The standard InChI is InChI=1S/C22H18FN3O3S2/c1-30-11-10-18(26-20(28)15-4-2-3-5-16(15)21(26)29)19(27)25-22-24-17(12-31-22)13-6-8-14(23)9-7-13/h2-9,12,18H,10-11H2,1H3,(H,24,25,27). The summed E-state index contributed by atoms with van der Waals surface area (Å²) in [6.45, 7) is 0. The summed E-state index contributed by atoms with van der Waals surface area (Å²) < 4.78 is 13.1. The lowest BCUT2D eigenvalue weighted by Gasteiger charge is -2.24. The Morgan fingerprint density at radius 1 is 1.13 bits per heavy atom. The van der Waals surface area contributed by atoms with Crippen LogP contribution in [-0.4, -0.2) is 45.7 Å². The summed E-state index contributed by atoms with van der Waals surface area (Å²) in [5.74, 6) is -1.14. The van der Waals surface area contributed by atoms with Gasteiger partial charge in [0.2, 0.25) is 5.91 Å². The Morgan fingerprint density at radius 2 is 1.77 bits per heavy atom. The number of hydrogen-bond acceptors (Lipinski definition) is 6. The summed E-state index contributed by atoms with van der Waals surface area (Å²) in [4.78, 5) is 44.2. The van der Waals surface area contributed by atoms with E-state index in [1.165, 1.54) is 35.2 Å². The number of imide groups is 1. The van der Waals surface area contributed by atoms with E-state index in [4.69, 9.17) is 0 Å². The molecule has 0 fully saturated rings. The minimum atomic E-state index is -0.946. The van der Waals surface area contributed by atoms with Gasteiger partial charge in [-0.3, -0.25) is 19.3 Å². The lowest BCUT2D eigenvalue weighted by Crippen LogP contribution is -2.47. The minimum Gasteiger partial charge on any atom is -0.300 e. The number of amides is 3. The van der Waals surface area contributed by atoms with Gasteiger partial charge in [-0.1, -0.05) is 12.1 Å². The Labute approximate surface area is 186 Å². The fourth-order valence-corrected chi connectivity index (χ4v) is 4.55. The Balaban J connectivity index is 1.55. The number of rotatable bonds is 7. The quantitative estimate of drug-likeness (QED) is 0.537. The average molecular weight is 456 g/mol. The molecule has 0 spiro atoms. The molecule has 9 heteroatoms. The van der Waals surface area contributed by atoms with Crippen molar-refractivity contribution in [2.75, 3.05) is 17.3 Å². The van der Waals surface area contributed by atoms with E-state index in [1.54, 1.807) is 41.8 Å². The average Bonchev–Trinajstić information content (AvgIpc) is 3.33. The molecule has 0 saturated carbocycles. The maximum absolute atomic E-state index is 13.1. The van der Waals surface area contributed by atoms with Gasteiger partial charge in [0.1, 0.15) is 11.9 Å². The van der Waals surface area contributed by atoms with Gasteiger partial charge in [-0.2, -0.15) is 11.8 Å². The normalized spacial score (nSPS) is 13.9. The number of benzene rings is 2. The van der Waals surface area contributed by atoms with Crippen molar-refractivity contribution in [1.82, 2.24) is 9.88 Å². The first-order chi connectivity index (χ1) is 15.0.